The molecule has 0 aliphatic carbocycles. The second-order valence-corrected chi connectivity index (χ2v) is 2.03. The van der Waals surface area contributed by atoms with Crippen molar-refractivity contribution in [3.05, 3.63) is 18.7 Å². The molecular weight excluding hydrogens is 144 g/mol. The summed E-state index contributed by atoms with van der Waals surface area (Å²) in [6.45, 7) is 0. The molecule has 0 aliphatic rings. The number of hydrogen-bond acceptors (Lipinski definition) is 4. The Morgan fingerprint density at radius 2 is 2.45 bits per heavy atom. The molecule has 0 radical (unpaired) electrons. The molecule has 0 unspecified atom stereocenters. The van der Waals surface area contributed by atoms with E-state index in [1.807, 2.05) is 0 Å². The van der Waals surface area contributed by atoms with Crippen molar-refractivity contribution in [2.75, 3.05) is 7.11 Å². The van der Waals surface area contributed by atoms with Gasteiger partial charge >= 0.3 is 0 Å². The summed E-state index contributed by atoms with van der Waals surface area (Å²) in [5.41, 5.74) is 0.714. The Morgan fingerprint density at radius 1 is 1.55 bits per heavy atom. The third kappa shape index (κ3) is 0.899. The summed E-state index contributed by atoms with van der Waals surface area (Å²) in [6, 6.07) is 0. The van der Waals surface area contributed by atoms with Crippen molar-refractivity contribution in [2.45, 2.75) is 0 Å². The van der Waals surface area contributed by atoms with Crippen LogP contribution in [0.15, 0.2) is 18.7 Å². The monoisotopic (exact) mass is 150 g/mol. The first-order valence-electron chi connectivity index (χ1n) is 3.09. The zero-order valence-corrected chi connectivity index (χ0v) is 5.93. The topological polar surface area (TPSA) is 52.3 Å². The van der Waals surface area contributed by atoms with E-state index in [-0.39, 0.29) is 0 Å². The van der Waals surface area contributed by atoms with Gasteiger partial charge in [0.25, 0.3) is 0 Å². The summed E-state index contributed by atoms with van der Waals surface area (Å²) in [7, 11) is 1.57. The quantitative estimate of drug-likeness (QED) is 0.580. The molecule has 0 spiro atoms. The van der Waals surface area contributed by atoms with Gasteiger partial charge in [-0.1, -0.05) is 0 Å². The molecule has 5 heteroatoms. The second kappa shape index (κ2) is 2.19. The van der Waals surface area contributed by atoms with E-state index in [4.69, 9.17) is 4.74 Å². The summed E-state index contributed by atoms with van der Waals surface area (Å²) in [4.78, 5) is 3.95. The van der Waals surface area contributed by atoms with Crippen molar-refractivity contribution < 1.29 is 4.74 Å². The standard InChI is InChI=1S/C6H6N4O/c1-11-6-3-10-4-8-9-5(10)2-7-6/h2-4H,1H3. The highest BCUT2D eigenvalue weighted by Gasteiger charge is 1.96. The molecule has 0 bridgehead atoms. The van der Waals surface area contributed by atoms with E-state index in [2.05, 4.69) is 15.2 Å². The third-order valence-corrected chi connectivity index (χ3v) is 1.37. The molecule has 5 nitrogen and oxygen atoms in total. The van der Waals surface area contributed by atoms with Crippen molar-refractivity contribution in [1.82, 2.24) is 19.6 Å². The molecule has 56 valence electrons. The van der Waals surface area contributed by atoms with Crippen LogP contribution < -0.4 is 4.74 Å². The number of methoxy groups -OCH3 is 1. The van der Waals surface area contributed by atoms with Gasteiger partial charge in [-0.25, -0.2) is 4.98 Å². The minimum atomic E-state index is 0.553. The van der Waals surface area contributed by atoms with Crippen molar-refractivity contribution in [3.8, 4) is 5.88 Å². The van der Waals surface area contributed by atoms with Gasteiger partial charge < -0.3 is 4.74 Å². The molecular formula is C6H6N4O. The first-order valence-corrected chi connectivity index (χ1v) is 3.09. The number of ether oxygens (including phenoxy) is 1. The van der Waals surface area contributed by atoms with E-state index < -0.39 is 0 Å². The van der Waals surface area contributed by atoms with Crippen LogP contribution in [-0.4, -0.2) is 26.7 Å². The van der Waals surface area contributed by atoms with E-state index >= 15 is 0 Å². The summed E-state index contributed by atoms with van der Waals surface area (Å²) in [6.07, 6.45) is 4.92. The van der Waals surface area contributed by atoms with Gasteiger partial charge in [0.15, 0.2) is 5.65 Å². The number of aromatic nitrogens is 4. The van der Waals surface area contributed by atoms with Crippen molar-refractivity contribution in [3.63, 3.8) is 0 Å². The molecule has 0 atom stereocenters. The average molecular weight is 150 g/mol. The van der Waals surface area contributed by atoms with Crippen LogP contribution in [0, 0.1) is 0 Å². The smallest absolute Gasteiger partial charge is 0.230 e. The van der Waals surface area contributed by atoms with Gasteiger partial charge in [0.2, 0.25) is 5.88 Å². The molecule has 0 saturated heterocycles. The molecule has 0 amide bonds. The van der Waals surface area contributed by atoms with Crippen molar-refractivity contribution in [2.24, 2.45) is 0 Å². The Hall–Kier alpha value is -1.65. The first-order chi connectivity index (χ1) is 5.40. The molecule has 0 N–H and O–H groups in total. The van der Waals surface area contributed by atoms with Crippen molar-refractivity contribution in [1.29, 1.82) is 0 Å². The molecule has 2 aromatic heterocycles. The Labute approximate surface area is 62.7 Å². The van der Waals surface area contributed by atoms with E-state index in [1.165, 1.54) is 0 Å². The van der Waals surface area contributed by atoms with Gasteiger partial charge in [0, 0.05) is 0 Å². The lowest BCUT2D eigenvalue weighted by Crippen LogP contribution is -1.90. The van der Waals surface area contributed by atoms with Crippen molar-refractivity contribution >= 4 is 5.65 Å². The lowest BCUT2D eigenvalue weighted by molar-refractivity contribution is 0.395. The lowest BCUT2D eigenvalue weighted by atomic mass is 10.7. The van der Waals surface area contributed by atoms with Gasteiger partial charge in [-0.15, -0.1) is 10.2 Å². The zero-order valence-electron chi connectivity index (χ0n) is 5.93. The summed E-state index contributed by atoms with van der Waals surface area (Å²) >= 11 is 0. The molecule has 0 fully saturated rings. The summed E-state index contributed by atoms with van der Waals surface area (Å²) in [5.74, 6) is 0.553. The van der Waals surface area contributed by atoms with Gasteiger partial charge in [-0.05, 0) is 0 Å². The van der Waals surface area contributed by atoms with Crippen LogP contribution in [0.3, 0.4) is 0 Å². The Kier molecular flexibility index (Phi) is 1.21. The highest BCUT2D eigenvalue weighted by Crippen LogP contribution is 2.04. The normalized spacial score (nSPS) is 10.3. The highest BCUT2D eigenvalue weighted by atomic mass is 16.5. The van der Waals surface area contributed by atoms with E-state index in [1.54, 1.807) is 30.2 Å². The maximum absolute atomic E-state index is 4.90. The van der Waals surface area contributed by atoms with E-state index in [0.29, 0.717) is 11.5 Å². The van der Waals surface area contributed by atoms with Crippen LogP contribution in [-0.2, 0) is 0 Å². The third-order valence-electron chi connectivity index (χ3n) is 1.37. The molecule has 0 saturated carbocycles. The Bertz CT molecular complexity index is 369. The molecule has 0 aromatic carbocycles. The van der Waals surface area contributed by atoms with Crippen LogP contribution >= 0.6 is 0 Å². The first kappa shape index (κ1) is 6.09. The fraction of sp³-hybridized carbons (Fsp3) is 0.167. The number of hydrogen-bond donors (Lipinski definition) is 0. The SMILES string of the molecule is COc1cn2cnnc2cn1. The molecule has 11 heavy (non-hydrogen) atoms. The van der Waals surface area contributed by atoms with Gasteiger partial charge in [0.1, 0.15) is 6.33 Å². The van der Waals surface area contributed by atoms with Crippen LogP contribution in [0.1, 0.15) is 0 Å². The largest absolute Gasteiger partial charge is 0.480 e. The fourth-order valence-corrected chi connectivity index (χ4v) is 0.822. The zero-order chi connectivity index (χ0) is 7.68. The minimum Gasteiger partial charge on any atom is -0.480 e. The maximum Gasteiger partial charge on any atom is 0.230 e. The number of fused-ring (bicyclic) bond motifs is 1. The predicted molar refractivity (Wildman–Crippen MR) is 37.3 cm³/mol. The van der Waals surface area contributed by atoms with Crippen LogP contribution in [0.5, 0.6) is 5.88 Å². The average Bonchev–Trinajstić information content (AvgIpc) is 2.50. The summed E-state index contributed by atoms with van der Waals surface area (Å²) in [5, 5.41) is 7.48. The molecule has 2 rings (SSSR count). The molecule has 0 aliphatic heterocycles. The molecule has 2 heterocycles. The lowest BCUT2D eigenvalue weighted by Gasteiger charge is -1.96. The summed E-state index contributed by atoms with van der Waals surface area (Å²) < 4.78 is 6.65. The van der Waals surface area contributed by atoms with Crippen LogP contribution in [0.4, 0.5) is 0 Å². The maximum atomic E-state index is 4.90. The number of nitrogens with zero attached hydrogens (tertiary/aromatic N) is 4. The molecule has 2 aromatic rings. The van der Waals surface area contributed by atoms with E-state index in [0.717, 1.165) is 0 Å². The van der Waals surface area contributed by atoms with Gasteiger partial charge in [-0.2, -0.15) is 0 Å². The number of rotatable bonds is 1. The van der Waals surface area contributed by atoms with Crippen LogP contribution in [0.25, 0.3) is 5.65 Å². The fourth-order valence-electron chi connectivity index (χ4n) is 0.822. The minimum absolute atomic E-state index is 0.553. The van der Waals surface area contributed by atoms with Gasteiger partial charge in [0.05, 0.1) is 19.5 Å². The van der Waals surface area contributed by atoms with Gasteiger partial charge in [-0.3, -0.25) is 4.40 Å². The Balaban J connectivity index is 2.67. The van der Waals surface area contributed by atoms with Crippen LogP contribution in [0.2, 0.25) is 0 Å². The van der Waals surface area contributed by atoms with E-state index in [9.17, 15) is 0 Å². The second-order valence-electron chi connectivity index (χ2n) is 2.03. The Morgan fingerprint density at radius 3 is 3.27 bits per heavy atom. The highest BCUT2D eigenvalue weighted by molar-refractivity contribution is 5.33. The predicted octanol–water partition coefficient (Wildman–Crippen LogP) is 0.133.